The van der Waals surface area contributed by atoms with Gasteiger partial charge in [0.05, 0.1) is 18.5 Å². The molecule has 13 nitrogen and oxygen atoms in total. The van der Waals surface area contributed by atoms with Crippen LogP contribution in [0.2, 0.25) is 0 Å². The molecule has 1 aromatic carbocycles. The summed E-state index contributed by atoms with van der Waals surface area (Å²) in [6.45, 7) is 6.46. The summed E-state index contributed by atoms with van der Waals surface area (Å²) in [5.41, 5.74) is 2.36. The second kappa shape index (κ2) is 16.5. The number of aliphatic hydroxyl groups excluding tert-OH is 6. The molecule has 0 saturated carbocycles. The van der Waals surface area contributed by atoms with E-state index in [0.717, 1.165) is 17.2 Å². The van der Waals surface area contributed by atoms with Crippen molar-refractivity contribution in [2.24, 2.45) is 0 Å². The monoisotopic (exact) mass is 624 g/mol. The topological polar surface area (TPSA) is 205 Å². The van der Waals surface area contributed by atoms with Gasteiger partial charge in [-0.3, -0.25) is 0 Å². The Hall–Kier alpha value is -2.85. The van der Waals surface area contributed by atoms with Crippen LogP contribution in [0.4, 0.5) is 0 Å². The van der Waals surface area contributed by atoms with Crippen LogP contribution < -0.4 is 0 Å². The van der Waals surface area contributed by atoms with Gasteiger partial charge in [0.15, 0.2) is 12.6 Å². The van der Waals surface area contributed by atoms with Gasteiger partial charge in [-0.1, -0.05) is 23.8 Å². The van der Waals surface area contributed by atoms with E-state index in [4.69, 9.17) is 23.7 Å². The van der Waals surface area contributed by atoms with Gasteiger partial charge in [0, 0.05) is 12.5 Å². The number of hydrogen-bond acceptors (Lipinski definition) is 13. The van der Waals surface area contributed by atoms with Crippen molar-refractivity contribution in [1.82, 2.24) is 0 Å². The minimum Gasteiger partial charge on any atom is -0.512 e. The number of ether oxygens (including phenoxy) is 5. The van der Waals surface area contributed by atoms with E-state index < -0.39 is 74.0 Å². The number of phenols is 1. The average molecular weight is 625 g/mol. The van der Waals surface area contributed by atoms with Crippen LogP contribution in [-0.4, -0.2) is 116 Å². The number of allylic oxidation sites excluding steroid dienone is 3. The standard InChI is InChI=1S/C31H44O13/c1-16(2)21(33)11-5-17(3)13-14-40-30-28(39)29(44-31-27(38)26(37)24(35)18(4)42-31)25(36)22(43-30)15-41-23(34)12-8-19-6-9-20(32)10-7-19/h6-10,12-13,18,22,24-33,35-39H,5,11,14-15H2,1-4H3/t18-,22+,24-,25+,26+,27+,28+,29-,30+,31-/m0/s1. The molecule has 13 heteroatoms. The molecule has 246 valence electrons. The normalized spacial score (nSPS) is 32.9. The molecule has 2 heterocycles. The molecule has 0 spiro atoms. The number of benzene rings is 1. The van der Waals surface area contributed by atoms with Crippen molar-refractivity contribution in [3.8, 4) is 5.75 Å². The van der Waals surface area contributed by atoms with Crippen LogP contribution in [0.25, 0.3) is 6.08 Å². The van der Waals surface area contributed by atoms with Gasteiger partial charge in [-0.25, -0.2) is 4.79 Å². The Morgan fingerprint density at radius 2 is 1.57 bits per heavy atom. The Bertz CT molecular complexity index is 1160. The molecule has 2 aliphatic heterocycles. The third-order valence-corrected chi connectivity index (χ3v) is 7.46. The van der Waals surface area contributed by atoms with Crippen LogP contribution in [0.3, 0.4) is 0 Å². The number of rotatable bonds is 12. The average Bonchev–Trinajstić information content (AvgIpc) is 2.99. The Labute approximate surface area is 256 Å². The van der Waals surface area contributed by atoms with Crippen LogP contribution in [0.5, 0.6) is 5.75 Å². The maximum absolute atomic E-state index is 12.4. The molecular formula is C31H44O13. The molecule has 0 aromatic heterocycles. The lowest BCUT2D eigenvalue weighted by Crippen LogP contribution is -2.64. The lowest BCUT2D eigenvalue weighted by atomic mass is 9.97. The number of carbonyl (C=O) groups is 1. The number of esters is 1. The molecule has 44 heavy (non-hydrogen) atoms. The number of phenolic OH excluding ortho intramolecular Hbond substituents is 1. The second-order valence-electron chi connectivity index (χ2n) is 11.2. The van der Waals surface area contributed by atoms with Crippen LogP contribution in [0.15, 0.2) is 53.3 Å². The summed E-state index contributed by atoms with van der Waals surface area (Å²) in [4.78, 5) is 12.4. The largest absolute Gasteiger partial charge is 0.512 e. The zero-order chi connectivity index (χ0) is 32.6. The zero-order valence-corrected chi connectivity index (χ0v) is 25.2. The van der Waals surface area contributed by atoms with Crippen LogP contribution in [0, 0.1) is 0 Å². The summed E-state index contributed by atoms with van der Waals surface area (Å²) in [5, 5.41) is 72.0. The Kier molecular flexibility index (Phi) is 13.3. The van der Waals surface area contributed by atoms with E-state index >= 15 is 0 Å². The van der Waals surface area contributed by atoms with Crippen molar-refractivity contribution >= 4 is 12.0 Å². The molecule has 10 atom stereocenters. The third kappa shape index (κ3) is 9.83. The van der Waals surface area contributed by atoms with E-state index in [9.17, 15) is 40.5 Å². The van der Waals surface area contributed by atoms with E-state index in [0.29, 0.717) is 24.2 Å². The summed E-state index contributed by atoms with van der Waals surface area (Å²) < 4.78 is 28.0. The quantitative estimate of drug-likeness (QED) is 0.0757. The summed E-state index contributed by atoms with van der Waals surface area (Å²) in [5.74, 6) is -0.387. The van der Waals surface area contributed by atoms with E-state index in [1.54, 1.807) is 18.2 Å². The fourth-order valence-corrected chi connectivity index (χ4v) is 4.53. The van der Waals surface area contributed by atoms with Gasteiger partial charge in [0.2, 0.25) is 0 Å². The number of carbonyl (C=O) groups excluding carboxylic acids is 1. The molecule has 2 aliphatic rings. The van der Waals surface area contributed by atoms with Crippen LogP contribution >= 0.6 is 0 Å². The van der Waals surface area contributed by atoms with E-state index in [-0.39, 0.29) is 12.4 Å². The molecule has 7 N–H and O–H groups in total. The molecule has 0 aliphatic carbocycles. The highest BCUT2D eigenvalue weighted by atomic mass is 16.7. The first-order chi connectivity index (χ1) is 20.8. The maximum Gasteiger partial charge on any atom is 0.330 e. The van der Waals surface area contributed by atoms with Crippen LogP contribution in [0.1, 0.15) is 46.1 Å². The van der Waals surface area contributed by atoms with Crippen LogP contribution in [-0.2, 0) is 28.5 Å². The fourth-order valence-electron chi connectivity index (χ4n) is 4.53. The molecule has 0 bridgehead atoms. The Balaban J connectivity index is 1.70. The summed E-state index contributed by atoms with van der Waals surface area (Å²) in [6.07, 6.45) is -9.09. The Morgan fingerprint density at radius 1 is 0.886 bits per heavy atom. The molecule has 2 saturated heterocycles. The van der Waals surface area contributed by atoms with Crippen molar-refractivity contribution in [3.63, 3.8) is 0 Å². The fraction of sp³-hybridized carbons (Fsp3) is 0.581. The zero-order valence-electron chi connectivity index (χ0n) is 25.2. The molecule has 2 fully saturated rings. The second-order valence-corrected chi connectivity index (χ2v) is 11.2. The molecule has 0 amide bonds. The van der Waals surface area contributed by atoms with Crippen molar-refractivity contribution in [3.05, 3.63) is 58.9 Å². The van der Waals surface area contributed by atoms with Gasteiger partial charge in [-0.15, -0.1) is 0 Å². The summed E-state index contributed by atoms with van der Waals surface area (Å²) in [6, 6.07) is 6.11. The van der Waals surface area contributed by atoms with Gasteiger partial charge in [-0.05, 0) is 63.5 Å². The lowest BCUT2D eigenvalue weighted by molar-refractivity contribution is -0.356. The summed E-state index contributed by atoms with van der Waals surface area (Å²) in [7, 11) is 0. The highest BCUT2D eigenvalue weighted by Gasteiger charge is 2.50. The highest BCUT2D eigenvalue weighted by molar-refractivity contribution is 5.87. The minimum absolute atomic E-state index is 0.0155. The minimum atomic E-state index is -1.70. The molecule has 1 aromatic rings. The smallest absolute Gasteiger partial charge is 0.330 e. The predicted molar refractivity (Wildman–Crippen MR) is 156 cm³/mol. The van der Waals surface area contributed by atoms with Gasteiger partial charge >= 0.3 is 5.97 Å². The van der Waals surface area contributed by atoms with E-state index in [1.165, 1.54) is 25.1 Å². The number of aromatic hydroxyl groups is 1. The van der Waals surface area contributed by atoms with Gasteiger partial charge in [-0.2, -0.15) is 0 Å². The van der Waals surface area contributed by atoms with Crippen molar-refractivity contribution in [1.29, 1.82) is 0 Å². The number of hydrogen-bond donors (Lipinski definition) is 7. The molecule has 0 unspecified atom stereocenters. The van der Waals surface area contributed by atoms with Gasteiger partial charge < -0.3 is 59.4 Å². The third-order valence-electron chi connectivity index (χ3n) is 7.46. The van der Waals surface area contributed by atoms with Crippen molar-refractivity contribution in [2.45, 2.75) is 102 Å². The molecular weight excluding hydrogens is 580 g/mol. The first-order valence-corrected chi connectivity index (χ1v) is 14.4. The van der Waals surface area contributed by atoms with Gasteiger partial charge in [0.25, 0.3) is 0 Å². The maximum atomic E-state index is 12.4. The SMILES string of the molecule is CC(=CCO[C@@H]1O[C@H](COC(=O)C=Cc2ccc(O)cc2)[C@@H](O)[C@H](O[C@@H]2O[C@@H](C)[C@H](O)[C@@H](O)[C@H]2O)[C@H]1O)CCC(O)=C(C)C. The first kappa shape index (κ1) is 35.6. The highest BCUT2D eigenvalue weighted by Crippen LogP contribution is 2.30. The van der Waals surface area contributed by atoms with E-state index in [2.05, 4.69) is 0 Å². The Morgan fingerprint density at radius 3 is 2.23 bits per heavy atom. The lowest BCUT2D eigenvalue weighted by Gasteiger charge is -2.45. The summed E-state index contributed by atoms with van der Waals surface area (Å²) >= 11 is 0. The first-order valence-electron chi connectivity index (χ1n) is 14.4. The predicted octanol–water partition coefficient (Wildman–Crippen LogP) is 1.20. The number of aliphatic hydroxyl groups is 6. The molecule has 3 rings (SSSR count). The van der Waals surface area contributed by atoms with Crippen molar-refractivity contribution < 1.29 is 64.2 Å². The van der Waals surface area contributed by atoms with Gasteiger partial charge in [0.1, 0.15) is 55.1 Å². The van der Waals surface area contributed by atoms with E-state index in [1.807, 2.05) is 20.8 Å². The molecule has 0 radical (unpaired) electrons. The van der Waals surface area contributed by atoms with Crippen molar-refractivity contribution in [2.75, 3.05) is 13.2 Å².